The third kappa shape index (κ3) is 11.7. The predicted octanol–water partition coefficient (Wildman–Crippen LogP) is 10.0. The first-order chi connectivity index (χ1) is 23.3. The van der Waals surface area contributed by atoms with E-state index in [2.05, 4.69) is 19.4 Å². The van der Waals surface area contributed by atoms with E-state index in [4.69, 9.17) is 4.74 Å². The highest BCUT2D eigenvalue weighted by atomic mass is 19.4. The van der Waals surface area contributed by atoms with E-state index in [-0.39, 0.29) is 5.75 Å². The quantitative estimate of drug-likeness (QED) is 0.0877. The Morgan fingerprint density at radius 3 is 1.82 bits per heavy atom. The van der Waals surface area contributed by atoms with Crippen molar-refractivity contribution in [1.82, 2.24) is 9.97 Å². The van der Waals surface area contributed by atoms with Crippen LogP contribution in [-0.4, -0.2) is 78.4 Å². The molecular formula is C29H30F16N2O4. The van der Waals surface area contributed by atoms with Crippen LogP contribution in [0.3, 0.4) is 0 Å². The second kappa shape index (κ2) is 17.1. The summed E-state index contributed by atoms with van der Waals surface area (Å²) < 4.78 is 225. The number of aryl methyl sites for hydroxylation is 1. The van der Waals surface area contributed by atoms with Crippen LogP contribution in [0.25, 0.3) is 11.4 Å². The average molecular weight is 775 g/mol. The van der Waals surface area contributed by atoms with Gasteiger partial charge in [0.25, 0.3) is 0 Å². The van der Waals surface area contributed by atoms with E-state index < -0.39 is 68.4 Å². The summed E-state index contributed by atoms with van der Waals surface area (Å²) in [6.07, 6.45) is -28.7. The Balaban J connectivity index is 2.01. The minimum atomic E-state index is -7.96. The van der Waals surface area contributed by atoms with Crippen molar-refractivity contribution in [3.8, 4) is 17.1 Å². The second-order valence-corrected chi connectivity index (χ2v) is 10.9. The number of rotatable bonds is 22. The first-order valence-electron chi connectivity index (χ1n) is 14.8. The maximum Gasteiger partial charge on any atom is 0.460 e. The van der Waals surface area contributed by atoms with E-state index in [9.17, 15) is 70.2 Å². The van der Waals surface area contributed by atoms with Crippen molar-refractivity contribution in [3.63, 3.8) is 0 Å². The highest BCUT2D eigenvalue weighted by Gasteiger charge is 2.85. The highest BCUT2D eigenvalue weighted by Crippen LogP contribution is 2.56. The summed E-state index contributed by atoms with van der Waals surface area (Å²) in [7, 11) is 0. The topological polar surface area (TPSA) is 62.7 Å². The standard InChI is InChI=1S/C29H30F16N2O4/c1-2-3-4-5-6-7-9-18-14-19(22-46-12-8-13-47-22)10-11-21(18)49-16-20(30)15-48-17-23(31,32)50-28(42,43)29(44,45)51-27(40,41)25(35,36)24(33,34)26(37,38)39/h8,10-14,20H,2-7,9,15-17H2,1H3. The van der Waals surface area contributed by atoms with Gasteiger partial charge in [-0.1, -0.05) is 39.0 Å². The van der Waals surface area contributed by atoms with Crippen LogP contribution in [0.5, 0.6) is 5.75 Å². The molecule has 0 aliphatic rings. The van der Waals surface area contributed by atoms with Crippen molar-refractivity contribution in [2.24, 2.45) is 0 Å². The fraction of sp³-hybridized carbons (Fsp3) is 0.655. The van der Waals surface area contributed by atoms with Gasteiger partial charge in [-0.3, -0.25) is 0 Å². The van der Waals surface area contributed by atoms with Crippen LogP contribution in [0.2, 0.25) is 0 Å². The number of aromatic nitrogens is 2. The lowest BCUT2D eigenvalue weighted by molar-refractivity contribution is -0.543. The molecule has 1 unspecified atom stereocenters. The fourth-order valence-corrected chi connectivity index (χ4v) is 4.05. The molecule has 0 amide bonds. The molecule has 1 aromatic carbocycles. The number of hydrogen-bond donors (Lipinski definition) is 0. The first kappa shape index (κ1) is 44.0. The van der Waals surface area contributed by atoms with Crippen molar-refractivity contribution < 1.29 is 89.2 Å². The summed E-state index contributed by atoms with van der Waals surface area (Å²) in [5, 5.41) is 0. The molecule has 0 aliphatic carbocycles. The Morgan fingerprint density at radius 2 is 1.24 bits per heavy atom. The van der Waals surface area contributed by atoms with Gasteiger partial charge >= 0.3 is 42.5 Å². The van der Waals surface area contributed by atoms with Gasteiger partial charge in [-0.15, -0.1) is 0 Å². The Labute approximate surface area is 279 Å². The van der Waals surface area contributed by atoms with E-state index >= 15 is 0 Å². The van der Waals surface area contributed by atoms with Gasteiger partial charge in [0.05, 0.1) is 6.61 Å². The normalized spacial score (nSPS) is 14.5. The number of benzene rings is 1. The lowest BCUT2D eigenvalue weighted by atomic mass is 10.0. The van der Waals surface area contributed by atoms with E-state index in [0.29, 0.717) is 29.8 Å². The number of alkyl halides is 16. The number of ether oxygens (including phenoxy) is 4. The molecule has 1 aromatic heterocycles. The highest BCUT2D eigenvalue weighted by molar-refractivity contribution is 5.58. The smallest absolute Gasteiger partial charge is 0.460 e. The third-order valence-corrected chi connectivity index (χ3v) is 6.66. The Morgan fingerprint density at radius 1 is 0.667 bits per heavy atom. The van der Waals surface area contributed by atoms with Gasteiger partial charge in [-0.2, -0.15) is 65.9 Å². The molecule has 22 heteroatoms. The molecule has 0 fully saturated rings. The van der Waals surface area contributed by atoms with Gasteiger partial charge < -0.3 is 9.47 Å². The molecule has 51 heavy (non-hydrogen) atoms. The maximum atomic E-state index is 14.4. The zero-order valence-corrected chi connectivity index (χ0v) is 26.2. The number of unbranched alkanes of at least 4 members (excludes halogenated alkanes) is 5. The Kier molecular flexibility index (Phi) is 14.8. The van der Waals surface area contributed by atoms with Crippen LogP contribution in [-0.2, 0) is 20.6 Å². The summed E-state index contributed by atoms with van der Waals surface area (Å²) in [5.41, 5.74) is 1.16. The zero-order valence-electron chi connectivity index (χ0n) is 26.2. The lowest BCUT2D eigenvalue weighted by Gasteiger charge is -2.36. The van der Waals surface area contributed by atoms with Gasteiger partial charge in [0.15, 0.2) is 12.0 Å². The van der Waals surface area contributed by atoms with Gasteiger partial charge in [-0.25, -0.2) is 23.8 Å². The molecule has 0 saturated heterocycles. The third-order valence-electron chi connectivity index (χ3n) is 6.66. The van der Waals surface area contributed by atoms with Crippen LogP contribution in [0, 0.1) is 0 Å². The lowest BCUT2D eigenvalue weighted by Crippen LogP contribution is -2.64. The van der Waals surface area contributed by atoms with Gasteiger partial charge in [0.2, 0.25) is 0 Å². The minimum Gasteiger partial charge on any atom is -0.490 e. The first-order valence-corrected chi connectivity index (χ1v) is 14.8. The molecule has 2 rings (SSSR count). The molecule has 0 saturated carbocycles. The Bertz CT molecular complexity index is 1360. The largest absolute Gasteiger partial charge is 0.490 e. The van der Waals surface area contributed by atoms with Crippen molar-refractivity contribution >= 4 is 0 Å². The molecule has 1 heterocycles. The number of nitrogens with zero attached hydrogens (tertiary/aromatic N) is 2. The monoisotopic (exact) mass is 774 g/mol. The molecule has 0 aliphatic heterocycles. The Hall–Kier alpha value is -3.14. The minimum absolute atomic E-state index is 0.150. The molecule has 2 aromatic rings. The zero-order chi connectivity index (χ0) is 38.9. The summed E-state index contributed by atoms with van der Waals surface area (Å²) >= 11 is 0. The van der Waals surface area contributed by atoms with Crippen LogP contribution in [0.4, 0.5) is 70.2 Å². The van der Waals surface area contributed by atoms with Gasteiger partial charge in [0.1, 0.15) is 19.0 Å². The SMILES string of the molecule is CCCCCCCCc1cc(-c2ncccn2)ccc1OCC(F)COCC(F)(F)OC(F)(F)C(F)(F)OC(F)(F)C(F)(F)C(F)(F)C(F)(F)F. The summed E-state index contributed by atoms with van der Waals surface area (Å²) in [6.45, 7) is -2.78. The predicted molar refractivity (Wildman–Crippen MR) is 144 cm³/mol. The molecular weight excluding hydrogens is 744 g/mol. The molecule has 0 spiro atoms. The van der Waals surface area contributed by atoms with E-state index in [1.165, 1.54) is 24.5 Å². The van der Waals surface area contributed by atoms with E-state index in [1.54, 1.807) is 16.9 Å². The molecule has 292 valence electrons. The van der Waals surface area contributed by atoms with E-state index in [0.717, 1.165) is 32.1 Å². The molecule has 0 N–H and O–H groups in total. The van der Waals surface area contributed by atoms with Crippen LogP contribution in [0.15, 0.2) is 36.7 Å². The fourth-order valence-electron chi connectivity index (χ4n) is 4.05. The summed E-state index contributed by atoms with van der Waals surface area (Å²) in [5.74, 6) is -15.3. The summed E-state index contributed by atoms with van der Waals surface area (Å²) in [4.78, 5) is 8.26. The molecule has 0 radical (unpaired) electrons. The molecule has 1 atom stereocenters. The van der Waals surface area contributed by atoms with Gasteiger partial charge in [-0.05, 0) is 42.7 Å². The van der Waals surface area contributed by atoms with Crippen LogP contribution >= 0.6 is 0 Å². The van der Waals surface area contributed by atoms with E-state index in [1.807, 2.05) is 6.92 Å². The maximum absolute atomic E-state index is 14.4. The second-order valence-electron chi connectivity index (χ2n) is 10.9. The van der Waals surface area contributed by atoms with Gasteiger partial charge in [0, 0.05) is 18.0 Å². The number of hydrogen-bond acceptors (Lipinski definition) is 6. The molecule has 0 bridgehead atoms. The van der Waals surface area contributed by atoms with Crippen molar-refractivity contribution in [1.29, 1.82) is 0 Å². The molecule has 6 nitrogen and oxygen atoms in total. The average Bonchev–Trinajstić information content (AvgIpc) is 3.00. The van der Waals surface area contributed by atoms with Crippen molar-refractivity contribution in [2.75, 3.05) is 19.8 Å². The number of halogens is 16. The van der Waals surface area contributed by atoms with Crippen molar-refractivity contribution in [2.45, 2.75) is 100 Å². The van der Waals surface area contributed by atoms with Crippen molar-refractivity contribution in [3.05, 3.63) is 42.2 Å². The van der Waals surface area contributed by atoms with Crippen LogP contribution < -0.4 is 4.74 Å². The summed E-state index contributed by atoms with van der Waals surface area (Å²) in [6, 6.07) is 6.25. The van der Waals surface area contributed by atoms with Crippen LogP contribution in [0.1, 0.15) is 51.0 Å².